The van der Waals surface area contributed by atoms with Crippen LogP contribution in [0.25, 0.3) is 0 Å². The molecule has 0 radical (unpaired) electrons. The summed E-state index contributed by atoms with van der Waals surface area (Å²) in [5.74, 6) is 1.18. The van der Waals surface area contributed by atoms with Crippen LogP contribution in [0.2, 0.25) is 0 Å². The molecule has 1 saturated carbocycles. The number of hydrogen-bond donors (Lipinski definition) is 0. The van der Waals surface area contributed by atoms with E-state index in [1.54, 1.807) is 0 Å². The van der Waals surface area contributed by atoms with E-state index in [4.69, 9.17) is 23.2 Å². The van der Waals surface area contributed by atoms with Crippen molar-refractivity contribution < 1.29 is 0 Å². The van der Waals surface area contributed by atoms with Crippen LogP contribution in [-0.2, 0) is 0 Å². The van der Waals surface area contributed by atoms with Crippen LogP contribution in [0.5, 0.6) is 0 Å². The number of unbranched alkanes of at least 4 members (excludes halogenated alkanes) is 3. The Kier molecular flexibility index (Phi) is 6.32. The average Bonchev–Trinajstić information content (AvgIpc) is 2.30. The second kappa shape index (κ2) is 6.84. The van der Waals surface area contributed by atoms with Crippen LogP contribution >= 0.6 is 23.2 Å². The summed E-state index contributed by atoms with van der Waals surface area (Å²) in [4.78, 5) is -0.387. The van der Waals surface area contributed by atoms with Crippen molar-refractivity contribution in [2.24, 2.45) is 11.8 Å². The molecule has 0 aromatic carbocycles. The fraction of sp³-hybridized carbons (Fsp3) is 1.00. The maximum absolute atomic E-state index is 7.02. The molecule has 0 amide bonds. The first kappa shape index (κ1) is 16.6. The van der Waals surface area contributed by atoms with Gasteiger partial charge in [0.05, 0.1) is 9.75 Å². The fourth-order valence-electron chi connectivity index (χ4n) is 3.45. The summed E-state index contributed by atoms with van der Waals surface area (Å²) in [6.07, 6.45) is 9.59. The van der Waals surface area contributed by atoms with Crippen molar-refractivity contribution in [3.8, 4) is 0 Å². The van der Waals surface area contributed by atoms with Crippen LogP contribution in [-0.4, -0.2) is 9.75 Å². The Labute approximate surface area is 124 Å². The van der Waals surface area contributed by atoms with Crippen molar-refractivity contribution >= 4 is 23.2 Å². The third kappa shape index (κ3) is 3.57. The van der Waals surface area contributed by atoms with Crippen LogP contribution in [0, 0.1) is 11.8 Å². The van der Waals surface area contributed by atoms with Crippen LogP contribution in [0.4, 0.5) is 0 Å². The highest BCUT2D eigenvalue weighted by Gasteiger charge is 2.53. The van der Waals surface area contributed by atoms with Crippen LogP contribution in [0.15, 0.2) is 0 Å². The van der Waals surface area contributed by atoms with Gasteiger partial charge in [0, 0.05) is 0 Å². The standard InChI is InChI=1S/C16H30Cl2/c1-5-6-7-8-10-15(17)12-14(4)9-11-16(15,18)13(2)3/h13-14H,5-12H2,1-4H3. The summed E-state index contributed by atoms with van der Waals surface area (Å²) in [6.45, 7) is 9.03. The van der Waals surface area contributed by atoms with Gasteiger partial charge in [-0.05, 0) is 37.5 Å². The fourth-order valence-corrected chi connectivity index (χ4v) is 4.44. The van der Waals surface area contributed by atoms with Gasteiger partial charge in [-0.25, -0.2) is 0 Å². The summed E-state index contributed by atoms with van der Waals surface area (Å²) in [5, 5.41) is 0. The minimum atomic E-state index is -0.201. The van der Waals surface area contributed by atoms with E-state index in [0.717, 1.165) is 25.2 Å². The van der Waals surface area contributed by atoms with Crippen molar-refractivity contribution in [1.82, 2.24) is 0 Å². The van der Waals surface area contributed by atoms with E-state index >= 15 is 0 Å². The van der Waals surface area contributed by atoms with E-state index in [1.165, 1.54) is 32.1 Å². The van der Waals surface area contributed by atoms with Crippen LogP contribution in [0.1, 0.15) is 79.1 Å². The van der Waals surface area contributed by atoms with Crippen molar-refractivity contribution in [3.05, 3.63) is 0 Å². The lowest BCUT2D eigenvalue weighted by Crippen LogP contribution is -2.53. The van der Waals surface area contributed by atoms with E-state index in [2.05, 4.69) is 27.7 Å². The third-order valence-corrected chi connectivity index (χ3v) is 6.52. The lowest BCUT2D eigenvalue weighted by molar-refractivity contribution is 0.181. The molecule has 1 fully saturated rings. The third-order valence-electron chi connectivity index (χ3n) is 4.76. The van der Waals surface area contributed by atoms with Crippen molar-refractivity contribution in [3.63, 3.8) is 0 Å². The lowest BCUT2D eigenvalue weighted by atomic mass is 9.67. The maximum atomic E-state index is 7.02. The highest BCUT2D eigenvalue weighted by molar-refractivity contribution is 6.35. The molecular weight excluding hydrogens is 263 g/mol. The topological polar surface area (TPSA) is 0 Å². The summed E-state index contributed by atoms with van der Waals surface area (Å²) in [7, 11) is 0. The first-order chi connectivity index (χ1) is 8.35. The Hall–Kier alpha value is 0.580. The molecule has 0 heterocycles. The Morgan fingerprint density at radius 3 is 2.39 bits per heavy atom. The van der Waals surface area contributed by atoms with Gasteiger partial charge in [-0.3, -0.25) is 0 Å². The number of halogens is 2. The second-order valence-electron chi connectivity index (χ2n) is 6.64. The minimum Gasteiger partial charge on any atom is -0.117 e. The summed E-state index contributed by atoms with van der Waals surface area (Å²) in [5.41, 5.74) is 0. The van der Waals surface area contributed by atoms with E-state index < -0.39 is 0 Å². The molecule has 0 aromatic heterocycles. The molecule has 1 aliphatic carbocycles. The number of rotatable bonds is 6. The normalized spacial score (nSPS) is 37.2. The molecule has 0 bridgehead atoms. The quantitative estimate of drug-likeness (QED) is 0.393. The monoisotopic (exact) mass is 292 g/mol. The van der Waals surface area contributed by atoms with Gasteiger partial charge >= 0.3 is 0 Å². The minimum absolute atomic E-state index is 0.186. The SMILES string of the molecule is CCCCCCC1(Cl)CC(C)CCC1(Cl)C(C)C. The molecule has 1 aliphatic rings. The average molecular weight is 293 g/mol. The smallest absolute Gasteiger partial charge is 0.0660 e. The molecule has 2 heteroatoms. The molecular formula is C16H30Cl2. The predicted octanol–water partition coefficient (Wildman–Crippen LogP) is 6.39. The molecule has 0 N–H and O–H groups in total. The zero-order valence-electron chi connectivity index (χ0n) is 12.6. The van der Waals surface area contributed by atoms with Gasteiger partial charge < -0.3 is 0 Å². The first-order valence-corrected chi connectivity index (χ1v) is 8.49. The summed E-state index contributed by atoms with van der Waals surface area (Å²) < 4.78 is 0. The molecule has 3 unspecified atom stereocenters. The molecule has 0 aromatic rings. The van der Waals surface area contributed by atoms with E-state index in [0.29, 0.717) is 5.92 Å². The van der Waals surface area contributed by atoms with Crippen molar-refractivity contribution in [2.75, 3.05) is 0 Å². The van der Waals surface area contributed by atoms with Gasteiger partial charge in [0.1, 0.15) is 0 Å². The zero-order valence-corrected chi connectivity index (χ0v) is 14.1. The van der Waals surface area contributed by atoms with E-state index in [-0.39, 0.29) is 9.75 Å². The summed E-state index contributed by atoms with van der Waals surface area (Å²) in [6, 6.07) is 0. The van der Waals surface area contributed by atoms with Gasteiger partial charge in [-0.1, -0.05) is 53.4 Å². The van der Waals surface area contributed by atoms with Gasteiger partial charge in [-0.15, -0.1) is 23.2 Å². The number of alkyl halides is 2. The van der Waals surface area contributed by atoms with Gasteiger partial charge in [0.2, 0.25) is 0 Å². The Balaban J connectivity index is 2.70. The highest BCUT2D eigenvalue weighted by Crippen LogP contribution is 2.54. The molecule has 1 rings (SSSR count). The van der Waals surface area contributed by atoms with Crippen LogP contribution in [0.3, 0.4) is 0 Å². The largest absolute Gasteiger partial charge is 0.117 e. The Morgan fingerprint density at radius 2 is 1.83 bits per heavy atom. The molecule has 0 aliphatic heterocycles. The Morgan fingerprint density at radius 1 is 1.17 bits per heavy atom. The lowest BCUT2D eigenvalue weighted by Gasteiger charge is -2.51. The van der Waals surface area contributed by atoms with Crippen LogP contribution < -0.4 is 0 Å². The van der Waals surface area contributed by atoms with E-state index in [9.17, 15) is 0 Å². The van der Waals surface area contributed by atoms with Gasteiger partial charge in [0.25, 0.3) is 0 Å². The molecule has 0 nitrogen and oxygen atoms in total. The second-order valence-corrected chi connectivity index (χ2v) is 8.04. The van der Waals surface area contributed by atoms with Crippen molar-refractivity contribution in [1.29, 1.82) is 0 Å². The predicted molar refractivity (Wildman–Crippen MR) is 83.8 cm³/mol. The maximum Gasteiger partial charge on any atom is 0.0660 e. The van der Waals surface area contributed by atoms with Gasteiger partial charge in [-0.2, -0.15) is 0 Å². The first-order valence-electron chi connectivity index (χ1n) is 7.73. The van der Waals surface area contributed by atoms with Crippen molar-refractivity contribution in [2.45, 2.75) is 88.8 Å². The Bertz CT molecular complexity index is 251. The molecule has 3 atom stereocenters. The summed E-state index contributed by atoms with van der Waals surface area (Å²) >= 11 is 14.0. The molecule has 18 heavy (non-hydrogen) atoms. The molecule has 0 saturated heterocycles. The number of hydrogen-bond acceptors (Lipinski definition) is 0. The van der Waals surface area contributed by atoms with Gasteiger partial charge in [0.15, 0.2) is 0 Å². The molecule has 0 spiro atoms. The zero-order chi connectivity index (χ0) is 13.8. The van der Waals surface area contributed by atoms with E-state index in [1.807, 2.05) is 0 Å². The molecule has 108 valence electrons. The highest BCUT2D eigenvalue weighted by atomic mass is 35.5.